The van der Waals surface area contributed by atoms with Crippen LogP contribution in [0.1, 0.15) is 13.3 Å². The summed E-state index contributed by atoms with van der Waals surface area (Å²) in [5.74, 6) is 1.77. The molecule has 2 heterocycles. The normalized spacial score (nSPS) is 25.4. The Morgan fingerprint density at radius 2 is 2.40 bits per heavy atom. The molecule has 0 aromatic carbocycles. The molecule has 0 saturated carbocycles. The average molecular weight is 208 g/mol. The van der Waals surface area contributed by atoms with Crippen molar-refractivity contribution >= 4 is 11.6 Å². The van der Waals surface area contributed by atoms with E-state index in [0.29, 0.717) is 17.8 Å². The summed E-state index contributed by atoms with van der Waals surface area (Å²) in [4.78, 5) is 0. The zero-order valence-electron chi connectivity index (χ0n) is 8.81. The zero-order valence-corrected chi connectivity index (χ0v) is 8.81. The molecule has 0 aliphatic carbocycles. The maximum absolute atomic E-state index is 5.48. The molecule has 5 nitrogen and oxygen atoms in total. The maximum Gasteiger partial charge on any atom is 0.148 e. The molecule has 0 amide bonds. The summed E-state index contributed by atoms with van der Waals surface area (Å²) in [7, 11) is 0. The Bertz CT molecular complexity index is 314. The summed E-state index contributed by atoms with van der Waals surface area (Å²) in [5.41, 5.74) is 5.45. The Morgan fingerprint density at radius 3 is 3.00 bits per heavy atom. The van der Waals surface area contributed by atoms with Crippen molar-refractivity contribution in [2.45, 2.75) is 19.4 Å². The third-order valence-electron chi connectivity index (χ3n) is 2.76. The number of aromatic nitrogens is 2. The predicted octanol–water partition coefficient (Wildman–Crippen LogP) is 0.896. The van der Waals surface area contributed by atoms with Gasteiger partial charge in [0.15, 0.2) is 0 Å². The van der Waals surface area contributed by atoms with Crippen molar-refractivity contribution in [2.24, 2.45) is 5.92 Å². The fourth-order valence-electron chi connectivity index (χ4n) is 1.72. The van der Waals surface area contributed by atoms with E-state index in [1.807, 2.05) is 6.07 Å². The van der Waals surface area contributed by atoms with E-state index < -0.39 is 0 Å². The van der Waals surface area contributed by atoms with E-state index in [4.69, 9.17) is 10.5 Å². The average Bonchev–Trinajstić information content (AvgIpc) is 2.63. The van der Waals surface area contributed by atoms with E-state index in [1.165, 1.54) is 0 Å². The van der Waals surface area contributed by atoms with Crippen molar-refractivity contribution in [1.82, 2.24) is 10.2 Å². The second-order valence-corrected chi connectivity index (χ2v) is 3.85. The smallest absolute Gasteiger partial charge is 0.148 e. The highest BCUT2D eigenvalue weighted by molar-refractivity contribution is 5.38. The fraction of sp³-hybridized carbons (Fsp3) is 0.600. The number of ether oxygens (including phenoxy) is 1. The van der Waals surface area contributed by atoms with Gasteiger partial charge in [0, 0.05) is 19.1 Å². The number of nitrogens with one attached hydrogen (secondary N) is 1. The van der Waals surface area contributed by atoms with Gasteiger partial charge in [-0.25, -0.2) is 0 Å². The first kappa shape index (κ1) is 10.2. The number of anilines is 2. The number of hydrogen-bond donors (Lipinski definition) is 2. The molecule has 15 heavy (non-hydrogen) atoms. The molecule has 2 atom stereocenters. The Kier molecular flexibility index (Phi) is 3.01. The van der Waals surface area contributed by atoms with Crippen LogP contribution in [0, 0.1) is 5.92 Å². The van der Waals surface area contributed by atoms with Gasteiger partial charge >= 0.3 is 0 Å². The Balaban J connectivity index is 1.85. The molecule has 82 valence electrons. The number of nitrogens with two attached hydrogens (primary N) is 1. The molecule has 1 aliphatic heterocycles. The summed E-state index contributed by atoms with van der Waals surface area (Å²) in [6, 6.07) is 3.58. The number of rotatable bonds is 3. The minimum atomic E-state index is 0.333. The molecule has 2 unspecified atom stereocenters. The van der Waals surface area contributed by atoms with Gasteiger partial charge in [-0.3, -0.25) is 0 Å². The molecule has 0 bridgehead atoms. The lowest BCUT2D eigenvalue weighted by atomic mass is 10.0. The Morgan fingerprint density at radius 1 is 1.53 bits per heavy atom. The summed E-state index contributed by atoms with van der Waals surface area (Å²) < 4.78 is 5.48. The van der Waals surface area contributed by atoms with Crippen LogP contribution >= 0.6 is 0 Å². The minimum Gasteiger partial charge on any atom is -0.382 e. The van der Waals surface area contributed by atoms with Gasteiger partial charge in [0.05, 0.1) is 6.10 Å². The van der Waals surface area contributed by atoms with E-state index in [-0.39, 0.29) is 0 Å². The van der Waals surface area contributed by atoms with Gasteiger partial charge in [-0.1, -0.05) is 0 Å². The van der Waals surface area contributed by atoms with Crippen molar-refractivity contribution in [1.29, 1.82) is 0 Å². The van der Waals surface area contributed by atoms with Crippen LogP contribution < -0.4 is 11.1 Å². The molecular weight excluding hydrogens is 192 g/mol. The van der Waals surface area contributed by atoms with Crippen molar-refractivity contribution in [3.8, 4) is 0 Å². The van der Waals surface area contributed by atoms with E-state index in [0.717, 1.165) is 25.4 Å². The van der Waals surface area contributed by atoms with Gasteiger partial charge in [-0.15, -0.1) is 10.2 Å². The van der Waals surface area contributed by atoms with Gasteiger partial charge in [-0.2, -0.15) is 0 Å². The molecule has 2 rings (SSSR count). The van der Waals surface area contributed by atoms with Crippen molar-refractivity contribution in [2.75, 3.05) is 24.2 Å². The number of nitrogens with zero attached hydrogens (tertiary/aromatic N) is 2. The molecule has 3 N–H and O–H groups in total. The van der Waals surface area contributed by atoms with Crippen LogP contribution in [-0.2, 0) is 4.74 Å². The van der Waals surface area contributed by atoms with Crippen LogP contribution in [0.3, 0.4) is 0 Å². The first-order chi connectivity index (χ1) is 7.25. The van der Waals surface area contributed by atoms with Crippen LogP contribution in [0.15, 0.2) is 12.1 Å². The second-order valence-electron chi connectivity index (χ2n) is 3.85. The molecule has 1 aromatic rings. The predicted molar refractivity (Wildman–Crippen MR) is 58.5 cm³/mol. The van der Waals surface area contributed by atoms with E-state index in [9.17, 15) is 0 Å². The summed E-state index contributed by atoms with van der Waals surface area (Å²) in [6.07, 6.45) is 1.44. The summed E-state index contributed by atoms with van der Waals surface area (Å²) in [6.45, 7) is 3.84. The van der Waals surface area contributed by atoms with Crippen LogP contribution in [0.5, 0.6) is 0 Å². The monoisotopic (exact) mass is 208 g/mol. The van der Waals surface area contributed by atoms with Gasteiger partial charge in [0.25, 0.3) is 0 Å². The standard InChI is InChI=1S/C10H16N4O/c1-7-8(4-5-15-7)6-12-10-3-2-9(11)13-14-10/h2-3,7-8H,4-6H2,1H3,(H2,11,13)(H,12,14). The largest absolute Gasteiger partial charge is 0.382 e. The van der Waals surface area contributed by atoms with E-state index in [2.05, 4.69) is 22.4 Å². The zero-order chi connectivity index (χ0) is 10.7. The lowest BCUT2D eigenvalue weighted by molar-refractivity contribution is 0.108. The van der Waals surface area contributed by atoms with Crippen molar-refractivity contribution < 1.29 is 4.74 Å². The third-order valence-corrected chi connectivity index (χ3v) is 2.76. The SMILES string of the molecule is CC1OCCC1CNc1ccc(N)nn1. The van der Waals surface area contributed by atoms with Crippen molar-refractivity contribution in [3.63, 3.8) is 0 Å². The van der Waals surface area contributed by atoms with Gasteiger partial charge in [0.2, 0.25) is 0 Å². The highest BCUT2D eigenvalue weighted by Gasteiger charge is 2.23. The quantitative estimate of drug-likeness (QED) is 0.772. The van der Waals surface area contributed by atoms with E-state index >= 15 is 0 Å². The van der Waals surface area contributed by atoms with Gasteiger partial charge < -0.3 is 15.8 Å². The maximum atomic E-state index is 5.48. The van der Waals surface area contributed by atoms with Gasteiger partial charge in [-0.05, 0) is 25.5 Å². The highest BCUT2D eigenvalue weighted by atomic mass is 16.5. The molecular formula is C10H16N4O. The van der Waals surface area contributed by atoms with Crippen LogP contribution in [-0.4, -0.2) is 29.5 Å². The topological polar surface area (TPSA) is 73.1 Å². The lowest BCUT2D eigenvalue weighted by Crippen LogP contribution is -2.21. The molecule has 1 aliphatic rings. The lowest BCUT2D eigenvalue weighted by Gasteiger charge is -2.14. The molecule has 0 spiro atoms. The first-order valence-electron chi connectivity index (χ1n) is 5.20. The molecule has 1 aromatic heterocycles. The molecule has 1 saturated heterocycles. The van der Waals surface area contributed by atoms with Gasteiger partial charge in [0.1, 0.15) is 11.6 Å². The Labute approximate surface area is 89.0 Å². The minimum absolute atomic E-state index is 0.333. The third kappa shape index (κ3) is 2.56. The Hall–Kier alpha value is -1.36. The molecule has 0 radical (unpaired) electrons. The second kappa shape index (κ2) is 4.44. The summed E-state index contributed by atoms with van der Waals surface area (Å²) in [5, 5.41) is 10.9. The van der Waals surface area contributed by atoms with Crippen molar-refractivity contribution in [3.05, 3.63) is 12.1 Å². The molecule has 1 fully saturated rings. The first-order valence-corrected chi connectivity index (χ1v) is 5.20. The highest BCUT2D eigenvalue weighted by Crippen LogP contribution is 2.20. The number of nitrogen functional groups attached to an aromatic ring is 1. The number of hydrogen-bond acceptors (Lipinski definition) is 5. The van der Waals surface area contributed by atoms with Crippen LogP contribution in [0.4, 0.5) is 11.6 Å². The summed E-state index contributed by atoms with van der Waals surface area (Å²) >= 11 is 0. The molecule has 5 heteroatoms. The fourth-order valence-corrected chi connectivity index (χ4v) is 1.72. The van der Waals surface area contributed by atoms with Crippen LogP contribution in [0.25, 0.3) is 0 Å². The van der Waals surface area contributed by atoms with E-state index in [1.54, 1.807) is 6.07 Å². The van der Waals surface area contributed by atoms with Crippen LogP contribution in [0.2, 0.25) is 0 Å².